The molecule has 14 heteroatoms. The third kappa shape index (κ3) is 5.15. The molecule has 0 bridgehead atoms. The summed E-state index contributed by atoms with van der Waals surface area (Å²) in [5.74, 6) is 0. The van der Waals surface area contributed by atoms with Crippen molar-refractivity contribution in [2.24, 2.45) is 10.2 Å². The highest BCUT2D eigenvalue weighted by atomic mass is 32.2. The summed E-state index contributed by atoms with van der Waals surface area (Å²) in [6.45, 7) is 0. The number of hydrogen-bond donors (Lipinski definition) is 2. The highest BCUT2D eigenvalue weighted by molar-refractivity contribution is 7.86. The Kier molecular flexibility index (Phi) is 6.53. The minimum Gasteiger partial charge on any atom is -0.282 e. The van der Waals surface area contributed by atoms with Crippen LogP contribution >= 0.6 is 22.7 Å². The zero-order valence-corrected chi connectivity index (χ0v) is 23.3. The standard InChI is InChI=1S/C26H16N4O6S4/c31-39(32,33)23-13-15(25-27-17-5-1-3-7-21(17)37-25)9-11-19(23)29-30-20-12-10-16(14-24(20)40(34,35)36)26-28-18-6-2-4-8-22(18)38-26/h1-14H,(H,31,32,33)(H,34,35,36)/b30-29+. The number of thiazole rings is 2. The first-order chi connectivity index (χ1) is 19.1. The first-order valence-electron chi connectivity index (χ1n) is 11.4. The molecule has 6 rings (SSSR count). The number of aromatic nitrogens is 2. The number of nitrogens with zero attached hydrogens (tertiary/aromatic N) is 4. The topological polar surface area (TPSA) is 159 Å². The van der Waals surface area contributed by atoms with Gasteiger partial charge in [-0.25, -0.2) is 9.97 Å². The fraction of sp³-hybridized carbons (Fsp3) is 0. The van der Waals surface area contributed by atoms with Crippen LogP contribution in [0.3, 0.4) is 0 Å². The summed E-state index contributed by atoms with van der Waals surface area (Å²) in [6.07, 6.45) is 0. The summed E-state index contributed by atoms with van der Waals surface area (Å²) in [4.78, 5) is 7.94. The molecule has 2 heterocycles. The molecule has 10 nitrogen and oxygen atoms in total. The van der Waals surface area contributed by atoms with Gasteiger partial charge in [0.15, 0.2) is 0 Å². The quantitative estimate of drug-likeness (QED) is 0.149. The summed E-state index contributed by atoms with van der Waals surface area (Å²) in [7, 11) is -9.49. The molecular formula is C26H16N4O6S4. The van der Waals surface area contributed by atoms with Crippen LogP contribution in [0.25, 0.3) is 41.6 Å². The van der Waals surface area contributed by atoms with Crippen molar-refractivity contribution < 1.29 is 25.9 Å². The van der Waals surface area contributed by atoms with Gasteiger partial charge in [-0.05, 0) is 60.7 Å². The van der Waals surface area contributed by atoms with E-state index in [0.717, 1.165) is 20.4 Å². The van der Waals surface area contributed by atoms with E-state index in [4.69, 9.17) is 0 Å². The maximum Gasteiger partial charge on any atom is 0.296 e. The number of rotatable bonds is 6. The number of hydrogen-bond acceptors (Lipinski definition) is 10. The molecule has 40 heavy (non-hydrogen) atoms. The van der Waals surface area contributed by atoms with Gasteiger partial charge in [-0.2, -0.15) is 16.8 Å². The number of benzene rings is 4. The lowest BCUT2D eigenvalue weighted by Crippen LogP contribution is -1.99. The van der Waals surface area contributed by atoms with Gasteiger partial charge in [0.05, 0.1) is 20.4 Å². The van der Waals surface area contributed by atoms with E-state index in [2.05, 4.69) is 20.2 Å². The van der Waals surface area contributed by atoms with Gasteiger partial charge in [-0.15, -0.1) is 32.9 Å². The van der Waals surface area contributed by atoms with Crippen molar-refractivity contribution in [3.05, 3.63) is 84.9 Å². The van der Waals surface area contributed by atoms with E-state index >= 15 is 0 Å². The van der Waals surface area contributed by atoms with Gasteiger partial charge in [0, 0.05) is 11.1 Å². The van der Waals surface area contributed by atoms with E-state index in [1.807, 2.05) is 48.5 Å². The van der Waals surface area contributed by atoms with Crippen molar-refractivity contribution in [1.82, 2.24) is 9.97 Å². The van der Waals surface area contributed by atoms with E-state index < -0.39 is 30.0 Å². The Balaban J connectivity index is 1.40. The van der Waals surface area contributed by atoms with Gasteiger partial charge < -0.3 is 0 Å². The van der Waals surface area contributed by atoms with Gasteiger partial charge in [0.2, 0.25) is 0 Å². The lowest BCUT2D eigenvalue weighted by Gasteiger charge is -2.06. The second-order valence-corrected chi connectivity index (χ2v) is 13.3. The first kappa shape index (κ1) is 26.3. The van der Waals surface area contributed by atoms with E-state index in [9.17, 15) is 25.9 Å². The molecule has 0 aliphatic rings. The largest absolute Gasteiger partial charge is 0.296 e. The van der Waals surface area contributed by atoms with Crippen molar-refractivity contribution in [3.63, 3.8) is 0 Å². The van der Waals surface area contributed by atoms with Crippen molar-refractivity contribution >= 4 is 74.7 Å². The molecule has 2 N–H and O–H groups in total. The molecule has 0 saturated carbocycles. The smallest absolute Gasteiger partial charge is 0.282 e. The molecule has 0 unspecified atom stereocenters. The number of para-hydroxylation sites is 2. The Hall–Kier alpha value is -3.92. The van der Waals surface area contributed by atoms with Gasteiger partial charge in [0.1, 0.15) is 31.2 Å². The molecule has 0 radical (unpaired) electrons. The SMILES string of the molecule is O=S(=O)(O)c1cc(-c2nc3ccccc3s2)ccc1/N=N/c1ccc(-c2nc3ccccc3s2)cc1S(=O)(=O)O. The minimum atomic E-state index is -4.74. The second-order valence-electron chi connectivity index (χ2n) is 8.49. The van der Waals surface area contributed by atoms with Gasteiger partial charge in [0.25, 0.3) is 20.2 Å². The average Bonchev–Trinajstić information content (AvgIpc) is 3.55. The molecule has 0 aliphatic carbocycles. The molecule has 0 fully saturated rings. The molecule has 0 amide bonds. The zero-order chi connectivity index (χ0) is 28.1. The van der Waals surface area contributed by atoms with Crippen LogP contribution in [0.15, 0.2) is 105 Å². The van der Waals surface area contributed by atoms with Gasteiger partial charge >= 0.3 is 0 Å². The third-order valence-electron chi connectivity index (χ3n) is 5.82. The summed E-state index contributed by atoms with van der Waals surface area (Å²) >= 11 is 2.70. The molecule has 4 aromatic carbocycles. The van der Waals surface area contributed by atoms with Crippen LogP contribution < -0.4 is 0 Å². The monoisotopic (exact) mass is 608 g/mol. The van der Waals surface area contributed by atoms with Crippen LogP contribution in [0.1, 0.15) is 0 Å². The number of fused-ring (bicyclic) bond motifs is 2. The maximum absolute atomic E-state index is 12.2. The maximum atomic E-state index is 12.2. The molecule has 6 aromatic rings. The van der Waals surface area contributed by atoms with Gasteiger partial charge in [-0.1, -0.05) is 24.3 Å². The fourth-order valence-electron chi connectivity index (χ4n) is 3.97. The summed E-state index contributed by atoms with van der Waals surface area (Å²) < 4.78 is 70.5. The Morgan fingerprint density at radius 3 is 1.35 bits per heavy atom. The van der Waals surface area contributed by atoms with E-state index in [-0.39, 0.29) is 11.4 Å². The normalized spacial score (nSPS) is 12.6. The minimum absolute atomic E-state index is 0.233. The fourth-order valence-corrected chi connectivity index (χ4v) is 7.19. The molecule has 0 saturated heterocycles. The predicted molar refractivity (Wildman–Crippen MR) is 154 cm³/mol. The lowest BCUT2D eigenvalue weighted by atomic mass is 10.2. The highest BCUT2D eigenvalue weighted by Crippen LogP contribution is 2.37. The van der Waals surface area contributed by atoms with Crippen molar-refractivity contribution in [2.45, 2.75) is 9.79 Å². The predicted octanol–water partition coefficient (Wildman–Crippen LogP) is 7.15. The Morgan fingerprint density at radius 2 is 0.975 bits per heavy atom. The van der Waals surface area contributed by atoms with Crippen LogP contribution in [0, 0.1) is 0 Å². The Labute approximate surface area is 235 Å². The van der Waals surface area contributed by atoms with Crippen molar-refractivity contribution in [1.29, 1.82) is 0 Å². The lowest BCUT2D eigenvalue weighted by molar-refractivity contribution is 0.481. The molecule has 0 spiro atoms. The van der Waals surface area contributed by atoms with Crippen LogP contribution in [0.5, 0.6) is 0 Å². The van der Waals surface area contributed by atoms with Crippen LogP contribution in [-0.4, -0.2) is 35.9 Å². The molecule has 2 aromatic heterocycles. The third-order valence-corrected chi connectivity index (χ3v) is 9.76. The van der Waals surface area contributed by atoms with E-state index in [0.29, 0.717) is 21.1 Å². The molecule has 200 valence electrons. The first-order valence-corrected chi connectivity index (χ1v) is 15.9. The van der Waals surface area contributed by atoms with Crippen LogP contribution in [0.2, 0.25) is 0 Å². The van der Waals surface area contributed by atoms with E-state index in [1.54, 1.807) is 12.1 Å². The van der Waals surface area contributed by atoms with Crippen LogP contribution in [-0.2, 0) is 20.2 Å². The summed E-state index contributed by atoms with van der Waals surface area (Å²) in [5, 5.41) is 8.90. The summed E-state index contributed by atoms with van der Waals surface area (Å²) in [6, 6.07) is 23.1. The second kappa shape index (κ2) is 9.92. The average molecular weight is 609 g/mol. The highest BCUT2D eigenvalue weighted by Gasteiger charge is 2.21. The number of azo groups is 1. The Morgan fingerprint density at radius 1 is 0.575 bits per heavy atom. The van der Waals surface area contributed by atoms with E-state index in [1.165, 1.54) is 46.9 Å². The summed E-state index contributed by atoms with van der Waals surface area (Å²) in [5.41, 5.74) is 1.89. The van der Waals surface area contributed by atoms with Crippen LogP contribution in [0.4, 0.5) is 11.4 Å². The zero-order valence-electron chi connectivity index (χ0n) is 20.0. The van der Waals surface area contributed by atoms with Crippen molar-refractivity contribution in [3.8, 4) is 21.1 Å². The molecule has 0 atom stereocenters. The van der Waals surface area contributed by atoms with Gasteiger partial charge in [-0.3, -0.25) is 9.11 Å². The molecular weight excluding hydrogens is 593 g/mol. The van der Waals surface area contributed by atoms with Crippen molar-refractivity contribution in [2.75, 3.05) is 0 Å². The molecule has 0 aliphatic heterocycles. The Bertz CT molecular complexity index is 1970.